The molecule has 0 aromatic heterocycles. The summed E-state index contributed by atoms with van der Waals surface area (Å²) >= 11 is 0. The summed E-state index contributed by atoms with van der Waals surface area (Å²) in [5, 5.41) is 9.96. The van der Waals surface area contributed by atoms with Gasteiger partial charge in [-0.15, -0.1) is 0 Å². The van der Waals surface area contributed by atoms with Gasteiger partial charge in [0, 0.05) is 13.8 Å². The van der Waals surface area contributed by atoms with E-state index in [-0.39, 0.29) is 6.61 Å². The van der Waals surface area contributed by atoms with Crippen LogP contribution in [-0.2, 0) is 39.2 Å². The topological polar surface area (TPSA) is 96.2 Å². The van der Waals surface area contributed by atoms with Gasteiger partial charge in [0.1, 0.15) is 12.2 Å². The number of benzene rings is 1. The van der Waals surface area contributed by atoms with Gasteiger partial charge in [-0.1, -0.05) is 30.3 Å². The number of nitrogens with zero attached hydrogens (tertiary/aromatic N) is 1. The van der Waals surface area contributed by atoms with Crippen molar-refractivity contribution in [3.63, 3.8) is 0 Å². The molecule has 5 atom stereocenters. The molecular formula is C18H24NO7P. The maximum Gasteiger partial charge on any atom is 0.329 e. The van der Waals surface area contributed by atoms with Gasteiger partial charge in [-0.05, 0) is 19.4 Å². The average molecular weight is 397 g/mol. The molecule has 0 amide bonds. The second kappa shape index (κ2) is 7.61. The van der Waals surface area contributed by atoms with Crippen molar-refractivity contribution in [3.05, 3.63) is 35.9 Å². The predicted molar refractivity (Wildman–Crippen MR) is 94.8 cm³/mol. The molecule has 1 aromatic rings. The van der Waals surface area contributed by atoms with Crippen LogP contribution >= 0.6 is 7.60 Å². The lowest BCUT2D eigenvalue weighted by Crippen LogP contribution is -2.51. The summed E-state index contributed by atoms with van der Waals surface area (Å²) in [6.45, 7) is 5.08. The molecule has 2 aliphatic heterocycles. The van der Waals surface area contributed by atoms with Crippen LogP contribution in [0.5, 0.6) is 0 Å². The number of fused-ring (bicyclic) bond motifs is 1. The molecule has 1 unspecified atom stereocenters. The van der Waals surface area contributed by atoms with E-state index in [1.807, 2.05) is 30.3 Å². The van der Waals surface area contributed by atoms with Gasteiger partial charge in [-0.3, -0.25) is 9.09 Å². The van der Waals surface area contributed by atoms with Crippen molar-refractivity contribution in [2.75, 3.05) is 20.4 Å². The third-order valence-electron chi connectivity index (χ3n) is 4.46. The van der Waals surface area contributed by atoms with Crippen molar-refractivity contribution in [1.82, 2.24) is 0 Å². The Morgan fingerprint density at radius 2 is 1.96 bits per heavy atom. The minimum absolute atomic E-state index is 0.0340. The van der Waals surface area contributed by atoms with E-state index >= 15 is 0 Å². The molecule has 2 fully saturated rings. The van der Waals surface area contributed by atoms with Crippen LogP contribution in [-0.4, -0.2) is 50.3 Å². The van der Waals surface area contributed by atoms with E-state index in [0.717, 1.165) is 5.56 Å². The van der Waals surface area contributed by atoms with Crippen molar-refractivity contribution in [1.29, 1.82) is 5.26 Å². The Balaban J connectivity index is 1.79. The fraction of sp³-hybridized carbons (Fsp3) is 0.611. The Kier molecular flexibility index (Phi) is 5.76. The summed E-state index contributed by atoms with van der Waals surface area (Å²) in [5.41, 5.74) is -0.707. The maximum atomic E-state index is 12.5. The third kappa shape index (κ3) is 4.25. The molecule has 0 radical (unpaired) electrons. The Morgan fingerprint density at radius 3 is 2.59 bits per heavy atom. The Labute approximate surface area is 158 Å². The van der Waals surface area contributed by atoms with Crippen molar-refractivity contribution in [2.45, 2.75) is 50.3 Å². The minimum atomic E-state index is -3.52. The van der Waals surface area contributed by atoms with E-state index in [1.54, 1.807) is 13.8 Å². The van der Waals surface area contributed by atoms with Crippen molar-refractivity contribution < 1.29 is 32.6 Å². The van der Waals surface area contributed by atoms with Crippen LogP contribution in [0.1, 0.15) is 19.4 Å². The number of hydrogen-bond acceptors (Lipinski definition) is 8. The zero-order valence-electron chi connectivity index (χ0n) is 15.8. The molecule has 148 valence electrons. The summed E-state index contributed by atoms with van der Waals surface area (Å²) in [4.78, 5) is 0. The first-order chi connectivity index (χ1) is 12.7. The average Bonchev–Trinajstić information content (AvgIpc) is 3.07. The van der Waals surface area contributed by atoms with Gasteiger partial charge in [0.05, 0.1) is 13.2 Å². The normalized spacial score (nSPS) is 34.0. The van der Waals surface area contributed by atoms with Crippen LogP contribution in [0.2, 0.25) is 0 Å². The van der Waals surface area contributed by atoms with Gasteiger partial charge >= 0.3 is 7.60 Å². The van der Waals surface area contributed by atoms with Gasteiger partial charge < -0.3 is 23.5 Å². The highest BCUT2D eigenvalue weighted by molar-refractivity contribution is 7.53. The van der Waals surface area contributed by atoms with Gasteiger partial charge in [0.25, 0.3) is 0 Å². The van der Waals surface area contributed by atoms with Gasteiger partial charge in [-0.2, -0.15) is 5.26 Å². The Morgan fingerprint density at radius 1 is 1.26 bits per heavy atom. The smallest absolute Gasteiger partial charge is 0.329 e. The molecule has 1 aromatic carbocycles. The molecular weight excluding hydrogens is 373 g/mol. The Bertz CT molecular complexity index is 750. The van der Waals surface area contributed by atoms with Crippen LogP contribution in [0.25, 0.3) is 0 Å². The van der Waals surface area contributed by atoms with E-state index in [1.165, 1.54) is 13.8 Å². The molecule has 0 spiro atoms. The zero-order valence-corrected chi connectivity index (χ0v) is 16.7. The molecule has 9 heteroatoms. The summed E-state index contributed by atoms with van der Waals surface area (Å²) in [5.74, 6) is -0.957. The fourth-order valence-electron chi connectivity index (χ4n) is 3.17. The molecule has 8 nitrogen and oxygen atoms in total. The highest BCUT2D eigenvalue weighted by atomic mass is 31.2. The highest BCUT2D eigenvalue weighted by Gasteiger charge is 2.67. The predicted octanol–water partition coefficient (Wildman–Crippen LogP) is 2.83. The summed E-state index contributed by atoms with van der Waals surface area (Å²) in [6, 6.07) is 11.7. The zero-order chi connectivity index (χ0) is 19.7. The van der Waals surface area contributed by atoms with Crippen LogP contribution in [0.15, 0.2) is 30.3 Å². The second-order valence-corrected chi connectivity index (χ2v) is 9.09. The van der Waals surface area contributed by atoms with Crippen LogP contribution < -0.4 is 0 Å². The summed E-state index contributed by atoms with van der Waals surface area (Å²) in [6.07, 6.45) is -2.58. The van der Waals surface area contributed by atoms with E-state index in [0.29, 0.717) is 6.61 Å². The van der Waals surface area contributed by atoms with Crippen molar-refractivity contribution in [3.8, 4) is 6.07 Å². The first-order valence-electron chi connectivity index (χ1n) is 8.59. The van der Waals surface area contributed by atoms with Crippen molar-refractivity contribution in [2.24, 2.45) is 0 Å². The van der Waals surface area contributed by atoms with Crippen molar-refractivity contribution >= 4 is 7.60 Å². The SMILES string of the molecule is COP(C)(=O)O[C@]1(C#N)[C@@H](COCc2ccccc2)O[C@@H]2OC(C)(C)O[C@@H]21. The monoisotopic (exact) mass is 397 g/mol. The van der Waals surface area contributed by atoms with E-state index < -0.39 is 37.5 Å². The van der Waals surface area contributed by atoms with Gasteiger partial charge in [0.2, 0.25) is 5.60 Å². The first kappa shape index (κ1) is 20.4. The van der Waals surface area contributed by atoms with Crippen LogP contribution in [0.4, 0.5) is 0 Å². The standard InChI is InChI=1S/C18H24NO7P/c1-17(2)24-15-16(25-17)23-14(11-22-10-13-8-6-5-7-9-13)18(15,12-19)26-27(4,20)21-3/h5-9,14-16H,10-11H2,1-4H3/t14-,15+,16-,18-,27?/m1/s1. The third-order valence-corrected chi connectivity index (χ3v) is 5.76. The van der Waals surface area contributed by atoms with E-state index in [2.05, 4.69) is 6.07 Å². The molecule has 0 N–H and O–H groups in total. The van der Waals surface area contributed by atoms with Gasteiger partial charge in [-0.25, -0.2) is 0 Å². The summed E-state index contributed by atoms with van der Waals surface area (Å²) in [7, 11) is -2.26. The van der Waals surface area contributed by atoms with Gasteiger partial charge in [0.15, 0.2) is 18.2 Å². The lowest BCUT2D eigenvalue weighted by Gasteiger charge is -2.33. The molecule has 0 aliphatic carbocycles. The molecule has 3 rings (SSSR count). The number of rotatable bonds is 7. The fourth-order valence-corrected chi connectivity index (χ4v) is 4.05. The number of hydrogen-bond donors (Lipinski definition) is 0. The molecule has 0 saturated carbocycles. The lowest BCUT2D eigenvalue weighted by molar-refractivity contribution is -0.226. The molecule has 2 saturated heterocycles. The number of nitriles is 1. The minimum Gasteiger partial charge on any atom is -0.374 e. The van der Waals surface area contributed by atoms with Crippen LogP contribution in [0, 0.1) is 11.3 Å². The molecule has 2 heterocycles. The Hall–Kier alpha value is -1.30. The summed E-state index contributed by atoms with van der Waals surface area (Å²) < 4.78 is 46.3. The molecule has 2 aliphatic rings. The molecule has 27 heavy (non-hydrogen) atoms. The van der Waals surface area contributed by atoms with Crippen LogP contribution in [0.3, 0.4) is 0 Å². The molecule has 0 bridgehead atoms. The number of ether oxygens (including phenoxy) is 4. The first-order valence-corrected chi connectivity index (χ1v) is 10.6. The van der Waals surface area contributed by atoms with E-state index in [4.69, 9.17) is 28.0 Å². The lowest BCUT2D eigenvalue weighted by atomic mass is 9.94. The quantitative estimate of drug-likeness (QED) is 0.648. The second-order valence-electron chi connectivity index (χ2n) is 7.00. The largest absolute Gasteiger partial charge is 0.374 e. The maximum absolute atomic E-state index is 12.5. The van der Waals surface area contributed by atoms with E-state index in [9.17, 15) is 9.83 Å². The highest BCUT2D eigenvalue weighted by Crippen LogP contribution is 2.54.